The third kappa shape index (κ3) is 4.60. The molecule has 122 valence electrons. The van der Waals surface area contributed by atoms with Crippen LogP contribution in [0.4, 0.5) is 0 Å². The average Bonchev–Trinajstić information content (AvgIpc) is 2.48. The number of carbonyl (C=O) groups is 1. The highest BCUT2D eigenvalue weighted by atomic mass is 35.5. The normalized spacial score (nSPS) is 16.1. The zero-order chi connectivity index (χ0) is 16.1. The number of ether oxygens (including phenoxy) is 1. The predicted octanol–water partition coefficient (Wildman–Crippen LogP) is 1.55. The fraction of sp³-hybridized carbons (Fsp3) is 0.562. The van der Waals surface area contributed by atoms with Crippen LogP contribution in [0, 0.1) is 0 Å². The van der Waals surface area contributed by atoms with Crippen LogP contribution >= 0.6 is 11.6 Å². The summed E-state index contributed by atoms with van der Waals surface area (Å²) in [6.07, 6.45) is 0. The second kappa shape index (κ2) is 7.81. The van der Waals surface area contributed by atoms with E-state index in [0.717, 1.165) is 37.5 Å². The maximum Gasteiger partial charge on any atom is 0.236 e. The quantitative estimate of drug-likeness (QED) is 0.823. The van der Waals surface area contributed by atoms with Crippen molar-refractivity contribution in [3.63, 3.8) is 0 Å². The highest BCUT2D eigenvalue weighted by Gasteiger charge is 2.20. The smallest absolute Gasteiger partial charge is 0.236 e. The molecule has 1 amide bonds. The Morgan fingerprint density at radius 2 is 2.00 bits per heavy atom. The Morgan fingerprint density at radius 1 is 1.32 bits per heavy atom. The number of piperazine rings is 1. The van der Waals surface area contributed by atoms with Crippen molar-refractivity contribution in [3.8, 4) is 5.75 Å². The first kappa shape index (κ1) is 17.1. The summed E-state index contributed by atoms with van der Waals surface area (Å²) in [5.74, 6) is 0.972. The minimum atomic E-state index is 0.177. The third-order valence-corrected chi connectivity index (χ3v) is 4.18. The molecule has 0 radical (unpaired) electrons. The molecule has 0 N–H and O–H groups in total. The molecule has 6 heteroatoms. The second-order valence-corrected chi connectivity index (χ2v) is 6.25. The van der Waals surface area contributed by atoms with Gasteiger partial charge in [0.05, 0.1) is 13.7 Å². The molecule has 1 aromatic rings. The number of hydrogen-bond donors (Lipinski definition) is 0. The molecule has 0 bridgehead atoms. The van der Waals surface area contributed by atoms with Crippen LogP contribution in [-0.2, 0) is 11.3 Å². The Bertz CT molecular complexity index is 516. The van der Waals surface area contributed by atoms with E-state index < -0.39 is 0 Å². The number of nitrogens with zero attached hydrogens (tertiary/aromatic N) is 3. The number of hydrogen-bond acceptors (Lipinski definition) is 4. The van der Waals surface area contributed by atoms with E-state index in [-0.39, 0.29) is 5.91 Å². The van der Waals surface area contributed by atoms with Crippen LogP contribution in [0.5, 0.6) is 5.75 Å². The molecule has 0 saturated carbocycles. The van der Waals surface area contributed by atoms with Crippen molar-refractivity contribution in [2.75, 3.05) is 53.9 Å². The predicted molar refractivity (Wildman–Crippen MR) is 88.4 cm³/mol. The summed E-state index contributed by atoms with van der Waals surface area (Å²) in [6, 6.07) is 5.55. The van der Waals surface area contributed by atoms with E-state index in [1.54, 1.807) is 13.2 Å². The van der Waals surface area contributed by atoms with E-state index >= 15 is 0 Å². The zero-order valence-electron chi connectivity index (χ0n) is 13.5. The third-order valence-electron chi connectivity index (χ3n) is 3.94. The first-order chi connectivity index (χ1) is 10.5. The van der Waals surface area contributed by atoms with Gasteiger partial charge in [0.2, 0.25) is 5.91 Å². The van der Waals surface area contributed by atoms with Gasteiger partial charge in [0.25, 0.3) is 0 Å². The summed E-state index contributed by atoms with van der Waals surface area (Å²) < 4.78 is 5.35. The van der Waals surface area contributed by atoms with Gasteiger partial charge in [-0.3, -0.25) is 9.69 Å². The van der Waals surface area contributed by atoms with Gasteiger partial charge in [-0.05, 0) is 32.3 Å². The molecule has 1 heterocycles. The standard InChI is InChI=1S/C16H24ClN3O2/c1-18-6-8-20(9-7-18)16(21)12-19(2)11-13-10-14(17)4-5-15(13)22-3/h4-5,10H,6-9,11-12H2,1-3H3. The fourth-order valence-electron chi connectivity index (χ4n) is 2.60. The monoisotopic (exact) mass is 325 g/mol. The number of amides is 1. The van der Waals surface area contributed by atoms with Crippen molar-refractivity contribution in [2.45, 2.75) is 6.54 Å². The zero-order valence-corrected chi connectivity index (χ0v) is 14.3. The first-order valence-corrected chi connectivity index (χ1v) is 7.84. The first-order valence-electron chi connectivity index (χ1n) is 7.47. The van der Waals surface area contributed by atoms with Gasteiger partial charge in [0.1, 0.15) is 5.75 Å². The number of likely N-dealkylation sites (N-methyl/N-ethyl adjacent to an activating group) is 2. The van der Waals surface area contributed by atoms with Crippen LogP contribution in [0.25, 0.3) is 0 Å². The van der Waals surface area contributed by atoms with Crippen molar-refractivity contribution in [2.24, 2.45) is 0 Å². The lowest BCUT2D eigenvalue weighted by Gasteiger charge is -2.33. The SMILES string of the molecule is COc1ccc(Cl)cc1CN(C)CC(=O)N1CCN(C)CC1. The van der Waals surface area contributed by atoms with Crippen LogP contribution < -0.4 is 4.74 Å². The molecule has 0 spiro atoms. The molecule has 2 rings (SSSR count). The Kier molecular flexibility index (Phi) is 6.06. The van der Waals surface area contributed by atoms with Gasteiger partial charge in [-0.1, -0.05) is 11.6 Å². The fourth-order valence-corrected chi connectivity index (χ4v) is 2.80. The van der Waals surface area contributed by atoms with Gasteiger partial charge in [-0.2, -0.15) is 0 Å². The topological polar surface area (TPSA) is 36.0 Å². The summed E-state index contributed by atoms with van der Waals surface area (Å²) in [7, 11) is 5.66. The minimum Gasteiger partial charge on any atom is -0.496 e. The molecule has 0 aliphatic carbocycles. The highest BCUT2D eigenvalue weighted by Crippen LogP contribution is 2.23. The van der Waals surface area contributed by atoms with Crippen LogP contribution in [0.2, 0.25) is 5.02 Å². The molecular formula is C16H24ClN3O2. The summed E-state index contributed by atoms with van der Waals surface area (Å²) in [4.78, 5) is 18.5. The molecule has 1 fully saturated rings. The second-order valence-electron chi connectivity index (χ2n) is 5.81. The van der Waals surface area contributed by atoms with Gasteiger partial charge in [0, 0.05) is 43.3 Å². The molecular weight excluding hydrogens is 302 g/mol. The number of methoxy groups -OCH3 is 1. The van der Waals surface area contributed by atoms with Crippen LogP contribution in [0.15, 0.2) is 18.2 Å². The molecule has 1 aromatic carbocycles. The molecule has 0 atom stereocenters. The molecule has 1 aliphatic rings. The van der Waals surface area contributed by atoms with E-state index in [0.29, 0.717) is 18.1 Å². The van der Waals surface area contributed by atoms with E-state index in [1.165, 1.54) is 0 Å². The number of rotatable bonds is 5. The van der Waals surface area contributed by atoms with Crippen LogP contribution in [0.1, 0.15) is 5.56 Å². The van der Waals surface area contributed by atoms with E-state index in [4.69, 9.17) is 16.3 Å². The van der Waals surface area contributed by atoms with Gasteiger partial charge < -0.3 is 14.5 Å². The lowest BCUT2D eigenvalue weighted by atomic mass is 10.2. The lowest BCUT2D eigenvalue weighted by molar-refractivity contribution is -0.133. The molecule has 0 aromatic heterocycles. The van der Waals surface area contributed by atoms with E-state index in [1.807, 2.05) is 29.0 Å². The van der Waals surface area contributed by atoms with Crippen molar-refractivity contribution in [3.05, 3.63) is 28.8 Å². The number of carbonyl (C=O) groups excluding carboxylic acids is 1. The lowest BCUT2D eigenvalue weighted by Crippen LogP contribution is -2.49. The molecule has 5 nitrogen and oxygen atoms in total. The summed E-state index contributed by atoms with van der Waals surface area (Å²) in [5.41, 5.74) is 0.990. The summed E-state index contributed by atoms with van der Waals surface area (Å²) in [5, 5.41) is 0.676. The van der Waals surface area contributed by atoms with Gasteiger partial charge in [-0.15, -0.1) is 0 Å². The maximum absolute atomic E-state index is 12.3. The van der Waals surface area contributed by atoms with Crippen LogP contribution in [0.3, 0.4) is 0 Å². The summed E-state index contributed by atoms with van der Waals surface area (Å²) >= 11 is 6.04. The van der Waals surface area contributed by atoms with E-state index in [9.17, 15) is 4.79 Å². The van der Waals surface area contributed by atoms with E-state index in [2.05, 4.69) is 11.9 Å². The maximum atomic E-state index is 12.3. The summed E-state index contributed by atoms with van der Waals surface area (Å²) in [6.45, 7) is 4.53. The Balaban J connectivity index is 1.91. The van der Waals surface area contributed by atoms with Crippen LogP contribution in [-0.4, -0.2) is 74.5 Å². The molecule has 0 unspecified atom stereocenters. The Labute approximate surface area is 137 Å². The Morgan fingerprint density at radius 3 is 2.64 bits per heavy atom. The van der Waals surface area contributed by atoms with Crippen molar-refractivity contribution < 1.29 is 9.53 Å². The van der Waals surface area contributed by atoms with Gasteiger partial charge in [-0.25, -0.2) is 0 Å². The molecule has 1 aliphatic heterocycles. The molecule has 22 heavy (non-hydrogen) atoms. The number of halogens is 1. The average molecular weight is 326 g/mol. The minimum absolute atomic E-state index is 0.177. The van der Waals surface area contributed by atoms with Crippen molar-refractivity contribution >= 4 is 17.5 Å². The van der Waals surface area contributed by atoms with Crippen molar-refractivity contribution in [1.29, 1.82) is 0 Å². The largest absolute Gasteiger partial charge is 0.496 e. The Hall–Kier alpha value is -1.30. The number of benzene rings is 1. The van der Waals surface area contributed by atoms with Gasteiger partial charge >= 0.3 is 0 Å². The molecule has 1 saturated heterocycles. The highest BCUT2D eigenvalue weighted by molar-refractivity contribution is 6.30. The van der Waals surface area contributed by atoms with Crippen molar-refractivity contribution in [1.82, 2.24) is 14.7 Å². The van der Waals surface area contributed by atoms with Gasteiger partial charge in [0.15, 0.2) is 0 Å².